The molecular weight excluding hydrogens is 176 g/mol. The van der Waals surface area contributed by atoms with Gasteiger partial charge in [0.05, 0.1) is 0 Å². The Labute approximate surface area is 74.4 Å². The number of fused-ring (bicyclic) bond motifs is 1. The quantitative estimate of drug-likeness (QED) is 0.581. The third-order valence-corrected chi connectivity index (χ3v) is 3.01. The molecule has 0 N–H and O–H groups in total. The van der Waals surface area contributed by atoms with Crippen molar-refractivity contribution in [2.24, 2.45) is 0 Å². The lowest BCUT2D eigenvalue weighted by molar-refractivity contribution is 1.68. The van der Waals surface area contributed by atoms with Gasteiger partial charge in [-0.3, -0.25) is 0 Å². The van der Waals surface area contributed by atoms with Gasteiger partial charge in [0.1, 0.15) is 0 Å². The van der Waals surface area contributed by atoms with Crippen molar-refractivity contribution >= 4 is 33.7 Å². The summed E-state index contributed by atoms with van der Waals surface area (Å²) in [6, 6.07) is 6.01. The van der Waals surface area contributed by atoms with Gasteiger partial charge in [0.15, 0.2) is 0 Å². The van der Waals surface area contributed by atoms with Crippen LogP contribution >= 0.6 is 22.9 Å². The Balaban J connectivity index is 2.96. The third-order valence-electron chi connectivity index (χ3n) is 1.76. The summed E-state index contributed by atoms with van der Waals surface area (Å²) in [4.78, 5) is 1.30. The molecule has 11 heavy (non-hydrogen) atoms. The van der Waals surface area contributed by atoms with Crippen LogP contribution in [0.4, 0.5) is 0 Å². The molecule has 1 aromatic carbocycles. The predicted octanol–water partition coefficient (Wildman–Crippen LogP) is 3.86. The molecule has 56 valence electrons. The van der Waals surface area contributed by atoms with Crippen LogP contribution in [-0.4, -0.2) is 0 Å². The maximum Gasteiger partial charge on any atom is 0.0495 e. The van der Waals surface area contributed by atoms with Crippen LogP contribution in [0.3, 0.4) is 0 Å². The highest BCUT2D eigenvalue weighted by Gasteiger charge is 2.02. The molecule has 0 bridgehead atoms. The third kappa shape index (κ3) is 1.05. The van der Waals surface area contributed by atoms with Gasteiger partial charge < -0.3 is 0 Å². The van der Waals surface area contributed by atoms with Gasteiger partial charge in [-0.15, -0.1) is 11.3 Å². The Morgan fingerprint density at radius 3 is 2.91 bits per heavy atom. The van der Waals surface area contributed by atoms with Crippen LogP contribution in [0.2, 0.25) is 5.02 Å². The predicted molar refractivity (Wildman–Crippen MR) is 51.6 cm³/mol. The van der Waals surface area contributed by atoms with Crippen LogP contribution in [-0.2, 0) is 0 Å². The molecule has 0 saturated heterocycles. The molecule has 2 rings (SSSR count). The van der Waals surface area contributed by atoms with E-state index in [4.69, 9.17) is 11.6 Å². The van der Waals surface area contributed by atoms with Crippen molar-refractivity contribution in [3.8, 4) is 0 Å². The molecule has 0 atom stereocenters. The van der Waals surface area contributed by atoms with Crippen LogP contribution in [0.1, 0.15) is 4.88 Å². The van der Waals surface area contributed by atoms with Crippen molar-refractivity contribution < 1.29 is 0 Å². The molecule has 2 aromatic rings. The van der Waals surface area contributed by atoms with Crippen LogP contribution in [0.25, 0.3) is 10.8 Å². The van der Waals surface area contributed by atoms with Gasteiger partial charge in [-0.05, 0) is 23.8 Å². The van der Waals surface area contributed by atoms with Gasteiger partial charge in [0.2, 0.25) is 0 Å². The summed E-state index contributed by atoms with van der Waals surface area (Å²) in [7, 11) is 0. The lowest BCUT2D eigenvalue weighted by Gasteiger charge is -1.93. The summed E-state index contributed by atoms with van der Waals surface area (Å²) in [5.74, 6) is 0. The van der Waals surface area contributed by atoms with Gasteiger partial charge in [-0.1, -0.05) is 23.7 Å². The first-order valence-electron chi connectivity index (χ1n) is 3.41. The first-order chi connectivity index (χ1) is 5.29. The summed E-state index contributed by atoms with van der Waals surface area (Å²) in [6.45, 7) is 2.10. The first-order valence-corrected chi connectivity index (χ1v) is 4.67. The molecule has 0 spiro atoms. The summed E-state index contributed by atoms with van der Waals surface area (Å²) < 4.78 is 0. The summed E-state index contributed by atoms with van der Waals surface area (Å²) in [6.07, 6.45) is 0. The van der Waals surface area contributed by atoms with E-state index >= 15 is 0 Å². The zero-order valence-electron chi connectivity index (χ0n) is 6.10. The molecule has 0 radical (unpaired) electrons. The maximum absolute atomic E-state index is 6.01. The Morgan fingerprint density at radius 2 is 2.18 bits per heavy atom. The van der Waals surface area contributed by atoms with Crippen LogP contribution in [0, 0.1) is 6.92 Å². The molecule has 0 aliphatic heterocycles. The normalized spacial score (nSPS) is 10.7. The Morgan fingerprint density at radius 1 is 1.36 bits per heavy atom. The van der Waals surface area contributed by atoms with Crippen LogP contribution in [0.15, 0.2) is 23.6 Å². The summed E-state index contributed by atoms with van der Waals surface area (Å²) in [5, 5.41) is 5.46. The number of hydrogen-bond donors (Lipinski definition) is 0. The largest absolute Gasteiger partial charge is 0.148 e. The topological polar surface area (TPSA) is 0 Å². The minimum absolute atomic E-state index is 0.862. The lowest BCUT2D eigenvalue weighted by atomic mass is 10.2. The second-order valence-corrected chi connectivity index (χ2v) is 3.99. The average Bonchev–Trinajstić information content (AvgIpc) is 2.34. The SMILES string of the molecule is Cc1scc2cccc(Cl)c12. The number of rotatable bonds is 0. The van der Waals surface area contributed by atoms with Gasteiger partial charge in [0, 0.05) is 15.3 Å². The van der Waals surface area contributed by atoms with E-state index in [-0.39, 0.29) is 0 Å². The molecule has 1 aromatic heterocycles. The van der Waals surface area contributed by atoms with E-state index in [0.29, 0.717) is 0 Å². The fourth-order valence-corrected chi connectivity index (χ4v) is 2.45. The molecule has 2 heteroatoms. The minimum Gasteiger partial charge on any atom is -0.148 e. The fraction of sp³-hybridized carbons (Fsp3) is 0.111. The van der Waals surface area contributed by atoms with Gasteiger partial charge in [0.25, 0.3) is 0 Å². The van der Waals surface area contributed by atoms with Crippen molar-refractivity contribution in [3.05, 3.63) is 33.5 Å². The zero-order chi connectivity index (χ0) is 7.84. The van der Waals surface area contributed by atoms with E-state index in [2.05, 4.69) is 18.4 Å². The first kappa shape index (κ1) is 7.14. The Kier molecular flexibility index (Phi) is 1.63. The van der Waals surface area contributed by atoms with Crippen molar-refractivity contribution in [1.29, 1.82) is 0 Å². The van der Waals surface area contributed by atoms with Gasteiger partial charge in [-0.25, -0.2) is 0 Å². The van der Waals surface area contributed by atoms with E-state index < -0.39 is 0 Å². The van der Waals surface area contributed by atoms with E-state index in [0.717, 1.165) is 5.02 Å². The molecule has 0 fully saturated rings. The molecule has 0 nitrogen and oxygen atoms in total. The molecule has 0 aliphatic rings. The summed E-state index contributed by atoms with van der Waals surface area (Å²) >= 11 is 7.76. The minimum atomic E-state index is 0.862. The highest BCUT2D eigenvalue weighted by molar-refractivity contribution is 7.11. The van der Waals surface area contributed by atoms with Crippen LogP contribution in [0.5, 0.6) is 0 Å². The van der Waals surface area contributed by atoms with Crippen LogP contribution < -0.4 is 0 Å². The summed E-state index contributed by atoms with van der Waals surface area (Å²) in [5.41, 5.74) is 0. The number of hydrogen-bond acceptors (Lipinski definition) is 1. The van der Waals surface area contributed by atoms with E-state index in [1.54, 1.807) is 11.3 Å². The average molecular weight is 183 g/mol. The molecule has 0 saturated carbocycles. The number of aryl methyl sites for hydroxylation is 1. The van der Waals surface area contributed by atoms with Gasteiger partial charge >= 0.3 is 0 Å². The zero-order valence-corrected chi connectivity index (χ0v) is 7.67. The highest BCUT2D eigenvalue weighted by Crippen LogP contribution is 2.30. The van der Waals surface area contributed by atoms with E-state index in [9.17, 15) is 0 Å². The standard InChI is InChI=1S/C9H7ClS/c1-6-9-7(5-11-6)3-2-4-8(9)10/h2-5H,1H3. The highest BCUT2D eigenvalue weighted by atomic mass is 35.5. The fourth-order valence-electron chi connectivity index (χ4n) is 1.22. The monoisotopic (exact) mass is 182 g/mol. The Hall–Kier alpha value is -0.530. The number of thiophene rings is 1. The smallest absolute Gasteiger partial charge is 0.0495 e. The second kappa shape index (κ2) is 2.50. The lowest BCUT2D eigenvalue weighted by Crippen LogP contribution is -1.68. The van der Waals surface area contributed by atoms with Crippen molar-refractivity contribution in [2.45, 2.75) is 6.92 Å². The molecule has 1 heterocycles. The van der Waals surface area contributed by atoms with Crippen molar-refractivity contribution in [1.82, 2.24) is 0 Å². The number of benzene rings is 1. The van der Waals surface area contributed by atoms with E-state index in [1.165, 1.54) is 15.6 Å². The van der Waals surface area contributed by atoms with Gasteiger partial charge in [-0.2, -0.15) is 0 Å². The second-order valence-electron chi connectivity index (χ2n) is 2.50. The van der Waals surface area contributed by atoms with Crippen molar-refractivity contribution in [3.63, 3.8) is 0 Å². The molecule has 0 amide bonds. The Bertz CT molecular complexity index is 389. The molecular formula is C9H7ClS. The van der Waals surface area contributed by atoms with Crippen molar-refractivity contribution in [2.75, 3.05) is 0 Å². The molecule has 0 unspecified atom stereocenters. The number of halogens is 1. The maximum atomic E-state index is 6.01. The van der Waals surface area contributed by atoms with E-state index in [1.807, 2.05) is 12.1 Å². The molecule has 0 aliphatic carbocycles.